The number of rotatable bonds is 4. The fourth-order valence-corrected chi connectivity index (χ4v) is 2.44. The minimum absolute atomic E-state index is 0.111. The highest BCUT2D eigenvalue weighted by Crippen LogP contribution is 2.42. The second-order valence-corrected chi connectivity index (χ2v) is 5.14. The number of nitrogens with one attached hydrogen (secondary N) is 1. The monoisotopic (exact) mass is 251 g/mol. The van der Waals surface area contributed by atoms with Crippen molar-refractivity contribution in [1.29, 1.82) is 0 Å². The Morgan fingerprint density at radius 1 is 1.05 bits per heavy atom. The molecule has 2 nitrogen and oxygen atoms in total. The van der Waals surface area contributed by atoms with Crippen molar-refractivity contribution in [2.75, 3.05) is 5.32 Å². The topological polar surface area (TPSA) is 29.1 Å². The minimum atomic E-state index is 0.111. The summed E-state index contributed by atoms with van der Waals surface area (Å²) in [5.74, 6) is 0.730. The lowest BCUT2D eigenvalue weighted by Gasteiger charge is -2.06. The van der Waals surface area contributed by atoms with Crippen LogP contribution in [-0.2, 0) is 0 Å². The second kappa shape index (κ2) is 4.88. The summed E-state index contributed by atoms with van der Waals surface area (Å²) in [7, 11) is 0. The SMILES string of the molecule is CC(=O)c1ccc(NC2CC2c2ccccc2)cc1. The fourth-order valence-electron chi connectivity index (χ4n) is 2.44. The molecule has 2 heteroatoms. The fraction of sp³-hybridized carbons (Fsp3) is 0.235. The lowest BCUT2D eigenvalue weighted by Crippen LogP contribution is -2.04. The Balaban J connectivity index is 1.63. The average molecular weight is 251 g/mol. The van der Waals surface area contributed by atoms with Crippen molar-refractivity contribution < 1.29 is 4.79 Å². The Labute approximate surface area is 113 Å². The molecule has 1 saturated carbocycles. The number of ketones is 1. The van der Waals surface area contributed by atoms with Crippen LogP contribution in [0.25, 0.3) is 0 Å². The van der Waals surface area contributed by atoms with Gasteiger partial charge < -0.3 is 5.32 Å². The Morgan fingerprint density at radius 2 is 1.74 bits per heavy atom. The van der Waals surface area contributed by atoms with Gasteiger partial charge >= 0.3 is 0 Å². The molecule has 2 aromatic carbocycles. The highest BCUT2D eigenvalue weighted by molar-refractivity contribution is 5.94. The van der Waals surface area contributed by atoms with Crippen molar-refractivity contribution in [3.63, 3.8) is 0 Å². The summed E-state index contributed by atoms with van der Waals surface area (Å²) >= 11 is 0. The van der Waals surface area contributed by atoms with E-state index in [0.29, 0.717) is 12.0 Å². The molecule has 1 N–H and O–H groups in total. The second-order valence-electron chi connectivity index (χ2n) is 5.14. The lowest BCUT2D eigenvalue weighted by molar-refractivity contribution is 0.101. The van der Waals surface area contributed by atoms with Crippen LogP contribution in [0.15, 0.2) is 54.6 Å². The van der Waals surface area contributed by atoms with Gasteiger partial charge in [-0.25, -0.2) is 0 Å². The molecule has 0 amide bonds. The van der Waals surface area contributed by atoms with Crippen LogP contribution in [0.5, 0.6) is 0 Å². The maximum absolute atomic E-state index is 11.2. The zero-order chi connectivity index (χ0) is 13.2. The molecule has 0 spiro atoms. The predicted molar refractivity (Wildman–Crippen MR) is 77.7 cm³/mol. The summed E-state index contributed by atoms with van der Waals surface area (Å²) in [6.45, 7) is 1.59. The average Bonchev–Trinajstić information content (AvgIpc) is 3.20. The van der Waals surface area contributed by atoms with Crippen molar-refractivity contribution in [2.45, 2.75) is 25.3 Å². The van der Waals surface area contributed by atoms with E-state index in [4.69, 9.17) is 0 Å². The van der Waals surface area contributed by atoms with Crippen molar-refractivity contribution >= 4 is 11.5 Å². The maximum Gasteiger partial charge on any atom is 0.159 e. The smallest absolute Gasteiger partial charge is 0.159 e. The van der Waals surface area contributed by atoms with Gasteiger partial charge in [-0.2, -0.15) is 0 Å². The van der Waals surface area contributed by atoms with Crippen molar-refractivity contribution in [1.82, 2.24) is 0 Å². The van der Waals surface area contributed by atoms with Gasteiger partial charge in [0.2, 0.25) is 0 Å². The van der Waals surface area contributed by atoms with E-state index in [1.54, 1.807) is 6.92 Å². The molecule has 1 aliphatic carbocycles. The van der Waals surface area contributed by atoms with Gasteiger partial charge in [-0.1, -0.05) is 30.3 Å². The van der Waals surface area contributed by atoms with Gasteiger partial charge in [0.15, 0.2) is 5.78 Å². The highest BCUT2D eigenvalue weighted by atomic mass is 16.1. The summed E-state index contributed by atoms with van der Waals surface area (Å²) in [4.78, 5) is 11.2. The maximum atomic E-state index is 11.2. The molecule has 2 aromatic rings. The van der Waals surface area contributed by atoms with E-state index in [-0.39, 0.29) is 5.78 Å². The summed E-state index contributed by atoms with van der Waals surface area (Å²) < 4.78 is 0. The number of anilines is 1. The molecule has 19 heavy (non-hydrogen) atoms. The molecule has 1 fully saturated rings. The van der Waals surface area contributed by atoms with Gasteiger partial charge in [-0.3, -0.25) is 4.79 Å². The number of carbonyl (C=O) groups is 1. The first-order chi connectivity index (χ1) is 9.24. The Morgan fingerprint density at radius 3 is 2.37 bits per heavy atom. The van der Waals surface area contributed by atoms with Crippen molar-refractivity contribution in [3.05, 3.63) is 65.7 Å². The van der Waals surface area contributed by atoms with Crippen LogP contribution in [0.2, 0.25) is 0 Å². The Bertz CT molecular complexity index is 574. The number of hydrogen-bond acceptors (Lipinski definition) is 2. The van der Waals surface area contributed by atoms with E-state index in [9.17, 15) is 4.79 Å². The van der Waals surface area contributed by atoms with Crippen LogP contribution in [-0.4, -0.2) is 11.8 Å². The van der Waals surface area contributed by atoms with Crippen LogP contribution < -0.4 is 5.32 Å². The van der Waals surface area contributed by atoms with Crippen LogP contribution in [0.1, 0.15) is 35.2 Å². The third-order valence-electron chi connectivity index (χ3n) is 3.66. The highest BCUT2D eigenvalue weighted by Gasteiger charge is 2.38. The van der Waals surface area contributed by atoms with Crippen LogP contribution in [0, 0.1) is 0 Å². The van der Waals surface area contributed by atoms with Crippen molar-refractivity contribution in [3.8, 4) is 0 Å². The molecule has 0 radical (unpaired) electrons. The van der Waals surface area contributed by atoms with Crippen molar-refractivity contribution in [2.24, 2.45) is 0 Å². The molecule has 2 atom stereocenters. The van der Waals surface area contributed by atoms with Gasteiger partial charge in [-0.15, -0.1) is 0 Å². The van der Waals surface area contributed by atoms with E-state index in [1.165, 1.54) is 12.0 Å². The van der Waals surface area contributed by atoms with Gasteiger partial charge in [0.05, 0.1) is 0 Å². The normalized spacial score (nSPS) is 20.9. The predicted octanol–water partition coefficient (Wildman–Crippen LogP) is 3.86. The summed E-state index contributed by atoms with van der Waals surface area (Å²) in [6.07, 6.45) is 1.18. The summed E-state index contributed by atoms with van der Waals surface area (Å²) in [6, 6.07) is 18.8. The van der Waals surface area contributed by atoms with E-state index in [0.717, 1.165) is 11.3 Å². The molecule has 96 valence electrons. The standard InChI is InChI=1S/C17H17NO/c1-12(19)13-7-9-15(10-8-13)18-17-11-16(17)14-5-3-2-4-6-14/h2-10,16-18H,11H2,1H3. The number of Topliss-reactive ketones (excluding diaryl/α,β-unsaturated/α-hetero) is 1. The molecule has 3 rings (SSSR count). The molecular weight excluding hydrogens is 234 g/mol. The van der Waals surface area contributed by atoms with E-state index in [2.05, 4.69) is 35.6 Å². The molecule has 0 bridgehead atoms. The molecule has 2 unspecified atom stereocenters. The van der Waals surface area contributed by atoms with Crippen LogP contribution >= 0.6 is 0 Å². The number of hydrogen-bond donors (Lipinski definition) is 1. The molecule has 0 heterocycles. The van der Waals surface area contributed by atoms with Gasteiger partial charge in [0.25, 0.3) is 0 Å². The van der Waals surface area contributed by atoms with Gasteiger partial charge in [0, 0.05) is 23.2 Å². The number of carbonyl (C=O) groups excluding carboxylic acids is 1. The molecular formula is C17H17NO. The van der Waals surface area contributed by atoms with Crippen LogP contribution in [0.4, 0.5) is 5.69 Å². The Kier molecular flexibility index (Phi) is 3.08. The van der Waals surface area contributed by atoms with Crippen LogP contribution in [0.3, 0.4) is 0 Å². The first kappa shape index (κ1) is 12.0. The largest absolute Gasteiger partial charge is 0.382 e. The molecule has 0 aliphatic heterocycles. The summed E-state index contributed by atoms with van der Waals surface area (Å²) in [5, 5.41) is 3.52. The first-order valence-electron chi connectivity index (χ1n) is 6.66. The van der Waals surface area contributed by atoms with Gasteiger partial charge in [-0.05, 0) is 43.2 Å². The third-order valence-corrected chi connectivity index (χ3v) is 3.66. The van der Waals surface area contributed by atoms with E-state index >= 15 is 0 Å². The quantitative estimate of drug-likeness (QED) is 0.836. The summed E-state index contributed by atoms with van der Waals surface area (Å²) in [5.41, 5.74) is 3.26. The molecule has 0 saturated heterocycles. The van der Waals surface area contributed by atoms with Gasteiger partial charge in [0.1, 0.15) is 0 Å². The Hall–Kier alpha value is -2.09. The third kappa shape index (κ3) is 2.68. The minimum Gasteiger partial charge on any atom is -0.382 e. The van der Waals surface area contributed by atoms with E-state index < -0.39 is 0 Å². The molecule has 1 aliphatic rings. The van der Waals surface area contributed by atoms with E-state index in [1.807, 2.05) is 24.3 Å². The first-order valence-corrected chi connectivity index (χ1v) is 6.66. The lowest BCUT2D eigenvalue weighted by atomic mass is 10.1. The zero-order valence-corrected chi connectivity index (χ0v) is 11.0. The number of benzene rings is 2. The zero-order valence-electron chi connectivity index (χ0n) is 11.0. The molecule has 0 aromatic heterocycles.